The fraction of sp³-hybridized carbons (Fsp3) is 0.250. The predicted molar refractivity (Wildman–Crippen MR) is 65.3 cm³/mol. The third-order valence-corrected chi connectivity index (χ3v) is 3.14. The van der Waals surface area contributed by atoms with Gasteiger partial charge in [0.05, 0.1) is 17.2 Å². The molecule has 2 rings (SSSR count). The third kappa shape index (κ3) is 2.22. The lowest BCUT2D eigenvalue weighted by molar-refractivity contribution is 0.618. The molecule has 1 aromatic carbocycles. The molecule has 1 heterocycles. The average Bonchev–Trinajstić information content (AvgIpc) is 2.78. The van der Waals surface area contributed by atoms with Gasteiger partial charge < -0.3 is 5.32 Å². The zero-order valence-corrected chi connectivity index (χ0v) is 10.0. The number of nitrogens with one attached hydrogen (secondary N) is 1. The number of hydrogen-bond donors (Lipinski definition) is 1. The van der Waals surface area contributed by atoms with Gasteiger partial charge in [-0.05, 0) is 26.0 Å². The van der Waals surface area contributed by atoms with Gasteiger partial charge in [-0.25, -0.2) is 9.37 Å². The second-order valence-electron chi connectivity index (χ2n) is 3.69. The van der Waals surface area contributed by atoms with E-state index in [4.69, 9.17) is 0 Å². The van der Waals surface area contributed by atoms with Crippen molar-refractivity contribution in [2.75, 3.05) is 5.32 Å². The highest BCUT2D eigenvalue weighted by atomic mass is 32.1. The van der Waals surface area contributed by atoms with Crippen LogP contribution in [0, 0.1) is 12.7 Å². The van der Waals surface area contributed by atoms with Crippen LogP contribution in [0.15, 0.2) is 29.1 Å². The van der Waals surface area contributed by atoms with Gasteiger partial charge in [0.2, 0.25) is 0 Å². The number of nitrogens with zero attached hydrogens (tertiary/aromatic N) is 1. The fourth-order valence-corrected chi connectivity index (χ4v) is 2.15. The zero-order chi connectivity index (χ0) is 11.5. The minimum Gasteiger partial charge on any atom is -0.377 e. The molecule has 0 aliphatic carbocycles. The lowest BCUT2D eigenvalue weighted by Crippen LogP contribution is -2.08. The van der Waals surface area contributed by atoms with E-state index in [2.05, 4.69) is 10.3 Å². The number of anilines is 1. The first kappa shape index (κ1) is 11.1. The molecule has 1 aromatic heterocycles. The minimum absolute atomic E-state index is 0.0896. The standard InChI is InChI=1S/C12H13FN2S/c1-8-10(13)4-3-5-11(8)15-9(2)12-6-16-7-14-12/h3-7,9,15H,1-2H3. The molecular weight excluding hydrogens is 223 g/mol. The number of aromatic nitrogens is 1. The van der Waals surface area contributed by atoms with E-state index in [1.54, 1.807) is 29.8 Å². The van der Waals surface area contributed by atoms with Crippen LogP contribution in [0.2, 0.25) is 0 Å². The summed E-state index contributed by atoms with van der Waals surface area (Å²) < 4.78 is 13.3. The van der Waals surface area contributed by atoms with Crippen molar-refractivity contribution in [3.05, 3.63) is 46.2 Å². The van der Waals surface area contributed by atoms with Crippen molar-refractivity contribution >= 4 is 17.0 Å². The average molecular weight is 236 g/mol. The molecule has 0 radical (unpaired) electrons. The lowest BCUT2D eigenvalue weighted by Gasteiger charge is -2.15. The van der Waals surface area contributed by atoms with E-state index in [1.807, 2.05) is 18.4 Å². The Morgan fingerprint density at radius 1 is 1.44 bits per heavy atom. The van der Waals surface area contributed by atoms with Crippen LogP contribution in [-0.2, 0) is 0 Å². The van der Waals surface area contributed by atoms with Gasteiger partial charge in [0, 0.05) is 16.6 Å². The van der Waals surface area contributed by atoms with E-state index in [9.17, 15) is 4.39 Å². The first-order valence-electron chi connectivity index (χ1n) is 5.08. The molecule has 1 N–H and O–H groups in total. The van der Waals surface area contributed by atoms with Crippen LogP contribution >= 0.6 is 11.3 Å². The maximum atomic E-state index is 13.3. The number of hydrogen-bond acceptors (Lipinski definition) is 3. The van der Waals surface area contributed by atoms with Gasteiger partial charge in [-0.15, -0.1) is 11.3 Å². The molecule has 0 bridgehead atoms. The summed E-state index contributed by atoms with van der Waals surface area (Å²) in [6, 6.07) is 5.14. The summed E-state index contributed by atoms with van der Waals surface area (Å²) in [6.45, 7) is 3.78. The van der Waals surface area contributed by atoms with Crippen molar-refractivity contribution < 1.29 is 4.39 Å². The smallest absolute Gasteiger partial charge is 0.128 e. The topological polar surface area (TPSA) is 24.9 Å². The summed E-state index contributed by atoms with van der Waals surface area (Å²) >= 11 is 1.56. The van der Waals surface area contributed by atoms with Crippen LogP contribution in [0.3, 0.4) is 0 Å². The van der Waals surface area contributed by atoms with Gasteiger partial charge in [0.15, 0.2) is 0 Å². The number of halogens is 1. The maximum Gasteiger partial charge on any atom is 0.128 e. The minimum atomic E-state index is -0.185. The molecular formula is C12H13FN2S. The van der Waals surface area contributed by atoms with Crippen molar-refractivity contribution in [2.24, 2.45) is 0 Å². The normalized spacial score (nSPS) is 12.4. The van der Waals surface area contributed by atoms with Crippen LogP contribution in [0.5, 0.6) is 0 Å². The lowest BCUT2D eigenvalue weighted by atomic mass is 10.1. The van der Waals surface area contributed by atoms with Crippen LogP contribution in [0.1, 0.15) is 24.2 Å². The molecule has 0 saturated heterocycles. The Morgan fingerprint density at radius 2 is 2.25 bits per heavy atom. The molecule has 2 nitrogen and oxygen atoms in total. The molecule has 0 aliphatic rings. The molecule has 1 atom stereocenters. The first-order valence-corrected chi connectivity index (χ1v) is 6.02. The summed E-state index contributed by atoms with van der Waals surface area (Å²) in [5.41, 5.74) is 4.24. The highest BCUT2D eigenvalue weighted by Gasteiger charge is 2.09. The monoisotopic (exact) mass is 236 g/mol. The van der Waals surface area contributed by atoms with E-state index >= 15 is 0 Å². The zero-order valence-electron chi connectivity index (χ0n) is 9.20. The Morgan fingerprint density at radius 3 is 2.94 bits per heavy atom. The van der Waals surface area contributed by atoms with Gasteiger partial charge in [0.1, 0.15) is 5.82 Å². The molecule has 2 aromatic rings. The second-order valence-corrected chi connectivity index (χ2v) is 4.41. The molecule has 0 aliphatic heterocycles. The second kappa shape index (κ2) is 4.61. The fourth-order valence-electron chi connectivity index (χ4n) is 1.51. The Labute approximate surface area is 98.2 Å². The first-order chi connectivity index (χ1) is 7.68. The van der Waals surface area contributed by atoms with E-state index in [0.29, 0.717) is 5.56 Å². The van der Waals surface area contributed by atoms with E-state index in [1.165, 1.54) is 6.07 Å². The molecule has 4 heteroatoms. The quantitative estimate of drug-likeness (QED) is 0.877. The third-order valence-electron chi connectivity index (χ3n) is 2.53. The largest absolute Gasteiger partial charge is 0.377 e. The van der Waals surface area contributed by atoms with Gasteiger partial charge in [0.25, 0.3) is 0 Å². The molecule has 84 valence electrons. The molecule has 16 heavy (non-hydrogen) atoms. The summed E-state index contributed by atoms with van der Waals surface area (Å²) in [5, 5.41) is 5.25. The van der Waals surface area contributed by atoms with Crippen molar-refractivity contribution in [3.8, 4) is 0 Å². The van der Waals surface area contributed by atoms with E-state index in [-0.39, 0.29) is 11.9 Å². The van der Waals surface area contributed by atoms with Crippen molar-refractivity contribution in [1.29, 1.82) is 0 Å². The summed E-state index contributed by atoms with van der Waals surface area (Å²) in [4.78, 5) is 4.23. The number of benzene rings is 1. The van der Waals surface area contributed by atoms with Gasteiger partial charge in [-0.1, -0.05) is 6.07 Å². The summed E-state index contributed by atoms with van der Waals surface area (Å²) in [6.07, 6.45) is 0. The van der Waals surface area contributed by atoms with Crippen LogP contribution in [0.4, 0.5) is 10.1 Å². The van der Waals surface area contributed by atoms with Gasteiger partial charge >= 0.3 is 0 Å². The van der Waals surface area contributed by atoms with Crippen molar-refractivity contribution in [3.63, 3.8) is 0 Å². The Bertz CT molecular complexity index is 468. The molecule has 0 spiro atoms. The SMILES string of the molecule is Cc1c(F)cccc1NC(C)c1cscn1. The summed E-state index contributed by atoms with van der Waals surface area (Å²) in [5.74, 6) is -0.185. The highest BCUT2D eigenvalue weighted by molar-refractivity contribution is 7.07. The predicted octanol–water partition coefficient (Wildman–Crippen LogP) is 3.76. The Kier molecular flexibility index (Phi) is 3.19. The molecule has 0 amide bonds. The highest BCUT2D eigenvalue weighted by Crippen LogP contribution is 2.23. The number of rotatable bonds is 3. The van der Waals surface area contributed by atoms with Gasteiger partial charge in [-0.3, -0.25) is 0 Å². The van der Waals surface area contributed by atoms with Crippen molar-refractivity contribution in [1.82, 2.24) is 4.98 Å². The molecule has 1 unspecified atom stereocenters. The maximum absolute atomic E-state index is 13.3. The molecule has 0 fully saturated rings. The number of thiazole rings is 1. The Balaban J connectivity index is 2.18. The van der Waals surface area contributed by atoms with Gasteiger partial charge in [-0.2, -0.15) is 0 Å². The van der Waals surface area contributed by atoms with E-state index in [0.717, 1.165) is 11.4 Å². The molecule has 0 saturated carbocycles. The van der Waals surface area contributed by atoms with Crippen LogP contribution < -0.4 is 5.32 Å². The van der Waals surface area contributed by atoms with Crippen LogP contribution in [-0.4, -0.2) is 4.98 Å². The van der Waals surface area contributed by atoms with Crippen LogP contribution in [0.25, 0.3) is 0 Å². The summed E-state index contributed by atoms with van der Waals surface area (Å²) in [7, 11) is 0. The Hall–Kier alpha value is -1.42. The van der Waals surface area contributed by atoms with Crippen molar-refractivity contribution in [2.45, 2.75) is 19.9 Å². The van der Waals surface area contributed by atoms with E-state index < -0.39 is 0 Å².